The number of aromatic carboxylic acids is 1. The number of nitrogens with zero attached hydrogens (tertiary/aromatic N) is 2. The van der Waals surface area contributed by atoms with E-state index in [0.29, 0.717) is 37.2 Å². The molecule has 2 heterocycles. The van der Waals surface area contributed by atoms with Gasteiger partial charge < -0.3 is 19.6 Å². The van der Waals surface area contributed by atoms with Gasteiger partial charge >= 0.3 is 12.1 Å². The Morgan fingerprint density at radius 3 is 2.19 bits per heavy atom. The van der Waals surface area contributed by atoms with Gasteiger partial charge in [-0.25, -0.2) is 9.59 Å². The van der Waals surface area contributed by atoms with Crippen molar-refractivity contribution in [1.29, 1.82) is 0 Å². The van der Waals surface area contributed by atoms with Gasteiger partial charge in [0.25, 0.3) is 5.91 Å². The fourth-order valence-electron chi connectivity index (χ4n) is 4.40. The number of ether oxygens (including phenoxy) is 1. The van der Waals surface area contributed by atoms with Crippen molar-refractivity contribution in [3.63, 3.8) is 0 Å². The Kier molecular flexibility index (Phi) is 7.68. The smallest absolute Gasteiger partial charge is 0.410 e. The highest BCUT2D eigenvalue weighted by Gasteiger charge is 2.35. The van der Waals surface area contributed by atoms with E-state index >= 15 is 0 Å². The number of likely N-dealkylation sites (tertiary alicyclic amines) is 1. The highest BCUT2D eigenvalue weighted by Crippen LogP contribution is 2.39. The molecule has 1 fully saturated rings. The number of piperidine rings is 1. The highest BCUT2D eigenvalue weighted by molar-refractivity contribution is 7.18. The number of carbonyl (C=O) groups excluding carboxylic acids is 2. The van der Waals surface area contributed by atoms with Gasteiger partial charge in [-0.3, -0.25) is 4.79 Å². The van der Waals surface area contributed by atoms with Gasteiger partial charge in [0.15, 0.2) is 0 Å². The average molecular weight is 521 g/mol. The summed E-state index contributed by atoms with van der Waals surface area (Å²) in [6, 6.07) is 18.4. The van der Waals surface area contributed by atoms with E-state index < -0.39 is 11.6 Å². The summed E-state index contributed by atoms with van der Waals surface area (Å²) in [5.41, 5.74) is 2.20. The number of carboxylic acid groups (broad SMARTS) is 1. The Bertz CT molecular complexity index is 1270. The molecule has 0 saturated carbocycles. The maximum absolute atomic E-state index is 13.9. The van der Waals surface area contributed by atoms with E-state index in [4.69, 9.17) is 4.74 Å². The number of rotatable bonds is 5. The van der Waals surface area contributed by atoms with Crippen LogP contribution in [0.3, 0.4) is 0 Å². The number of carbonyl (C=O) groups is 3. The van der Waals surface area contributed by atoms with Gasteiger partial charge in [0.1, 0.15) is 10.5 Å². The number of thiophene rings is 1. The quantitative estimate of drug-likeness (QED) is 0.417. The molecule has 2 amide bonds. The molecule has 0 bridgehead atoms. The number of hydrogen-bond acceptors (Lipinski definition) is 5. The van der Waals surface area contributed by atoms with E-state index in [2.05, 4.69) is 0 Å². The summed E-state index contributed by atoms with van der Waals surface area (Å²) in [5.74, 6) is -1.33. The summed E-state index contributed by atoms with van der Waals surface area (Å²) >= 11 is 1.16. The summed E-state index contributed by atoms with van der Waals surface area (Å²) in [6.45, 7) is 8.26. The molecular formula is C29H32N2O5S. The van der Waals surface area contributed by atoms with Crippen molar-refractivity contribution in [2.24, 2.45) is 0 Å². The Balaban J connectivity index is 1.70. The number of aryl methyl sites for hydroxylation is 1. The molecule has 0 radical (unpaired) electrons. The SMILES string of the molecule is Cc1ccc(C(=O)N(c2cc(-c3ccccc3)sc2C(=O)O)C2CCN(C(=O)OC(C)(C)C)CC2)cc1. The fraction of sp³-hybridized carbons (Fsp3) is 0.345. The van der Waals surface area contributed by atoms with E-state index in [-0.39, 0.29) is 22.9 Å². The van der Waals surface area contributed by atoms with Crippen LogP contribution in [0.4, 0.5) is 10.5 Å². The molecule has 0 atom stereocenters. The first kappa shape index (κ1) is 26.4. The second-order valence-electron chi connectivity index (χ2n) is 10.2. The summed E-state index contributed by atoms with van der Waals surface area (Å²) in [7, 11) is 0. The molecule has 0 aliphatic carbocycles. The Hall–Kier alpha value is -3.65. The third kappa shape index (κ3) is 6.20. The van der Waals surface area contributed by atoms with Gasteiger partial charge in [-0.1, -0.05) is 48.0 Å². The molecule has 0 spiro atoms. The molecule has 1 aliphatic heterocycles. The topological polar surface area (TPSA) is 87.2 Å². The van der Waals surface area contributed by atoms with E-state index in [1.165, 1.54) is 0 Å². The van der Waals surface area contributed by atoms with E-state index in [1.54, 1.807) is 28.0 Å². The third-order valence-corrected chi connectivity index (χ3v) is 7.38. The molecular weight excluding hydrogens is 488 g/mol. The zero-order valence-electron chi connectivity index (χ0n) is 21.6. The summed E-state index contributed by atoms with van der Waals surface area (Å²) in [4.78, 5) is 43.0. The van der Waals surface area contributed by atoms with Crippen LogP contribution in [0.25, 0.3) is 10.4 Å². The minimum absolute atomic E-state index is 0.119. The molecule has 1 N–H and O–H groups in total. The first-order valence-corrected chi connectivity index (χ1v) is 13.2. The maximum atomic E-state index is 13.9. The minimum atomic E-state index is -1.07. The second kappa shape index (κ2) is 10.8. The van der Waals surface area contributed by atoms with Crippen molar-refractivity contribution in [1.82, 2.24) is 4.90 Å². The second-order valence-corrected chi connectivity index (χ2v) is 11.3. The Morgan fingerprint density at radius 2 is 1.62 bits per heavy atom. The normalized spacial score (nSPS) is 14.3. The molecule has 7 nitrogen and oxygen atoms in total. The lowest BCUT2D eigenvalue weighted by molar-refractivity contribution is 0.0205. The van der Waals surface area contributed by atoms with Crippen LogP contribution in [-0.4, -0.2) is 52.7 Å². The highest BCUT2D eigenvalue weighted by atomic mass is 32.1. The van der Waals surface area contributed by atoms with Gasteiger partial charge in [0.2, 0.25) is 0 Å². The lowest BCUT2D eigenvalue weighted by atomic mass is 10.0. The first-order chi connectivity index (χ1) is 17.5. The van der Waals surface area contributed by atoms with Crippen molar-refractivity contribution < 1.29 is 24.2 Å². The summed E-state index contributed by atoms with van der Waals surface area (Å²) in [5, 5.41) is 10.1. The molecule has 1 aromatic heterocycles. The van der Waals surface area contributed by atoms with Crippen molar-refractivity contribution in [3.05, 3.63) is 76.7 Å². The van der Waals surface area contributed by atoms with Crippen LogP contribution in [0.1, 0.15) is 59.2 Å². The van der Waals surface area contributed by atoms with Gasteiger partial charge in [-0.05, 0) is 64.3 Å². The van der Waals surface area contributed by atoms with Crippen molar-refractivity contribution in [2.45, 2.75) is 52.2 Å². The van der Waals surface area contributed by atoms with Crippen LogP contribution in [-0.2, 0) is 4.74 Å². The first-order valence-electron chi connectivity index (χ1n) is 12.3. The molecule has 37 heavy (non-hydrogen) atoms. The standard InChI is InChI=1S/C29H32N2O5S/c1-19-10-12-21(13-11-19)26(32)31(22-14-16-30(17-15-22)28(35)36-29(2,3)4)23-18-24(37-25(23)27(33)34)20-8-6-5-7-9-20/h5-13,18,22H,14-17H2,1-4H3,(H,33,34). The zero-order chi connectivity index (χ0) is 26.7. The zero-order valence-corrected chi connectivity index (χ0v) is 22.4. The monoisotopic (exact) mass is 520 g/mol. The molecule has 1 saturated heterocycles. The van der Waals surface area contributed by atoms with Crippen LogP contribution in [0.15, 0.2) is 60.7 Å². The molecule has 4 rings (SSSR count). The lowest BCUT2D eigenvalue weighted by Crippen LogP contribution is -2.50. The van der Waals surface area contributed by atoms with Gasteiger partial charge in [0, 0.05) is 29.6 Å². The summed E-state index contributed by atoms with van der Waals surface area (Å²) in [6.07, 6.45) is 0.634. The molecule has 0 unspecified atom stereocenters. The Morgan fingerprint density at radius 1 is 1.00 bits per heavy atom. The van der Waals surface area contributed by atoms with E-state index in [1.807, 2.05) is 70.2 Å². The third-order valence-electron chi connectivity index (χ3n) is 6.22. The molecule has 3 aromatic rings. The van der Waals surface area contributed by atoms with Crippen molar-refractivity contribution in [2.75, 3.05) is 18.0 Å². The van der Waals surface area contributed by atoms with Gasteiger partial charge in [-0.15, -0.1) is 11.3 Å². The van der Waals surface area contributed by atoms with Crippen molar-refractivity contribution in [3.8, 4) is 10.4 Å². The molecule has 1 aliphatic rings. The van der Waals surface area contributed by atoms with Gasteiger partial charge in [0.05, 0.1) is 5.69 Å². The summed E-state index contributed by atoms with van der Waals surface area (Å²) < 4.78 is 5.52. The van der Waals surface area contributed by atoms with Crippen LogP contribution in [0.5, 0.6) is 0 Å². The number of benzene rings is 2. The van der Waals surface area contributed by atoms with Crippen LogP contribution in [0, 0.1) is 6.92 Å². The van der Waals surface area contributed by atoms with Gasteiger partial charge in [-0.2, -0.15) is 0 Å². The Labute approximate surface area is 221 Å². The molecule has 194 valence electrons. The van der Waals surface area contributed by atoms with Crippen LogP contribution < -0.4 is 4.90 Å². The predicted molar refractivity (Wildman–Crippen MR) is 146 cm³/mol. The lowest BCUT2D eigenvalue weighted by Gasteiger charge is -2.38. The van der Waals surface area contributed by atoms with E-state index in [9.17, 15) is 19.5 Å². The van der Waals surface area contributed by atoms with Crippen molar-refractivity contribution >= 4 is 35.0 Å². The van der Waals surface area contributed by atoms with Crippen LogP contribution >= 0.6 is 11.3 Å². The number of hydrogen-bond donors (Lipinski definition) is 1. The number of amides is 2. The minimum Gasteiger partial charge on any atom is -0.477 e. The van der Waals surface area contributed by atoms with E-state index in [0.717, 1.165) is 27.3 Å². The largest absolute Gasteiger partial charge is 0.477 e. The maximum Gasteiger partial charge on any atom is 0.410 e. The number of anilines is 1. The average Bonchev–Trinajstić information content (AvgIpc) is 3.30. The fourth-order valence-corrected chi connectivity index (χ4v) is 5.39. The predicted octanol–water partition coefficient (Wildman–Crippen LogP) is 6.47. The molecule has 8 heteroatoms. The molecule has 2 aromatic carbocycles. The number of carboxylic acids is 1. The van der Waals surface area contributed by atoms with Crippen LogP contribution in [0.2, 0.25) is 0 Å².